The molecule has 0 aliphatic heterocycles. The molecule has 2 rings (SSSR count). The zero-order chi connectivity index (χ0) is 22.8. The molecule has 0 spiro atoms. The number of thiocarbonyl (C=S) groups is 2. The third kappa shape index (κ3) is 8.31. The zero-order valence-electron chi connectivity index (χ0n) is 17.7. The van der Waals surface area contributed by atoms with E-state index in [4.69, 9.17) is 29.2 Å². The van der Waals surface area contributed by atoms with Gasteiger partial charge < -0.3 is 20.7 Å². The van der Waals surface area contributed by atoms with Crippen molar-refractivity contribution in [1.82, 2.24) is 10.6 Å². The molecule has 2 aromatic carbocycles. The van der Waals surface area contributed by atoms with E-state index in [1.807, 2.05) is 19.9 Å². The predicted octanol–water partition coefficient (Wildman–Crippen LogP) is 4.21. The highest BCUT2D eigenvalue weighted by molar-refractivity contribution is 7.80. The second-order valence-electron chi connectivity index (χ2n) is 6.71. The van der Waals surface area contributed by atoms with Gasteiger partial charge in [-0.15, -0.1) is 0 Å². The van der Waals surface area contributed by atoms with Gasteiger partial charge in [0.15, 0.2) is 10.2 Å². The first-order valence-electron chi connectivity index (χ1n) is 9.90. The number of rotatable bonds is 7. The summed E-state index contributed by atoms with van der Waals surface area (Å²) in [5.41, 5.74) is 1.85. The molecular weight excluding hydrogens is 432 g/mol. The van der Waals surface area contributed by atoms with Gasteiger partial charge in [0.2, 0.25) is 5.91 Å². The lowest BCUT2D eigenvalue weighted by atomic mass is 10.2. The molecule has 7 nitrogen and oxygen atoms in total. The number of carbonyl (C=O) groups excluding carboxylic acids is 2. The van der Waals surface area contributed by atoms with Gasteiger partial charge in [-0.3, -0.25) is 14.9 Å². The molecule has 0 bridgehead atoms. The lowest BCUT2D eigenvalue weighted by Gasteiger charge is -2.14. The molecule has 164 valence electrons. The molecule has 0 aliphatic rings. The number of amides is 2. The molecule has 0 unspecified atom stereocenters. The maximum Gasteiger partial charge on any atom is 0.257 e. The second kappa shape index (κ2) is 12.0. The topological polar surface area (TPSA) is 91.5 Å². The van der Waals surface area contributed by atoms with Gasteiger partial charge in [0, 0.05) is 23.4 Å². The molecule has 9 heteroatoms. The molecule has 0 heterocycles. The number of anilines is 2. The zero-order valence-corrected chi connectivity index (χ0v) is 19.3. The minimum absolute atomic E-state index is 0.0655. The van der Waals surface area contributed by atoms with E-state index in [1.165, 1.54) is 0 Å². The lowest BCUT2D eigenvalue weighted by molar-refractivity contribution is -0.119. The Bertz CT molecular complexity index is 948. The average molecular weight is 459 g/mol. The minimum Gasteiger partial charge on any atom is -0.491 e. The Labute approximate surface area is 192 Å². The summed E-state index contributed by atoms with van der Waals surface area (Å²) in [5, 5.41) is 11.5. The largest absolute Gasteiger partial charge is 0.491 e. The Morgan fingerprint density at radius 3 is 2.06 bits per heavy atom. The maximum atomic E-state index is 12.5. The fourth-order valence-electron chi connectivity index (χ4n) is 2.38. The van der Waals surface area contributed by atoms with Gasteiger partial charge in [-0.2, -0.15) is 0 Å². The van der Waals surface area contributed by atoms with Crippen LogP contribution in [0.25, 0.3) is 0 Å². The summed E-state index contributed by atoms with van der Waals surface area (Å²) < 4.78 is 5.75. The first kappa shape index (κ1) is 24.2. The van der Waals surface area contributed by atoms with Crippen LogP contribution in [0.1, 0.15) is 44.0 Å². The van der Waals surface area contributed by atoms with Gasteiger partial charge in [0.1, 0.15) is 5.75 Å². The molecule has 0 radical (unpaired) electrons. The molecule has 0 aromatic heterocycles. The highest BCUT2D eigenvalue weighted by atomic mass is 32.1. The van der Waals surface area contributed by atoms with Crippen molar-refractivity contribution in [1.29, 1.82) is 0 Å². The van der Waals surface area contributed by atoms with E-state index in [1.54, 1.807) is 49.4 Å². The van der Waals surface area contributed by atoms with Crippen molar-refractivity contribution in [2.45, 2.75) is 39.7 Å². The van der Waals surface area contributed by atoms with Crippen LogP contribution in [0.5, 0.6) is 5.75 Å². The number of hydrogen-bond acceptors (Lipinski definition) is 5. The molecule has 4 N–H and O–H groups in total. The van der Waals surface area contributed by atoms with Gasteiger partial charge >= 0.3 is 0 Å². The van der Waals surface area contributed by atoms with Crippen LogP contribution in [0.2, 0.25) is 0 Å². The van der Waals surface area contributed by atoms with Crippen molar-refractivity contribution in [3.05, 3.63) is 54.1 Å². The van der Waals surface area contributed by atoms with Crippen LogP contribution in [0.4, 0.5) is 11.4 Å². The molecular formula is C22H26N4O3S2. The Morgan fingerprint density at radius 2 is 1.52 bits per heavy atom. The number of carbonyl (C=O) groups is 2. The van der Waals surface area contributed by atoms with Crippen molar-refractivity contribution >= 4 is 57.8 Å². The smallest absolute Gasteiger partial charge is 0.257 e. The van der Waals surface area contributed by atoms with E-state index in [-0.39, 0.29) is 28.1 Å². The number of benzene rings is 2. The van der Waals surface area contributed by atoms with E-state index < -0.39 is 0 Å². The SMILES string of the molecule is CCC(=O)NC(=S)Nc1ccc(NC(=S)NC(=O)c2cccc(O[C@@H](C)CC)c2)cc1. The summed E-state index contributed by atoms with van der Waals surface area (Å²) in [4.78, 5) is 23.8. The summed E-state index contributed by atoms with van der Waals surface area (Å²) in [7, 11) is 0. The first-order chi connectivity index (χ1) is 14.8. The Kier molecular flexibility index (Phi) is 9.36. The molecule has 31 heavy (non-hydrogen) atoms. The van der Waals surface area contributed by atoms with E-state index in [2.05, 4.69) is 21.3 Å². The van der Waals surface area contributed by atoms with Crippen LogP contribution >= 0.6 is 24.4 Å². The van der Waals surface area contributed by atoms with E-state index in [0.29, 0.717) is 29.1 Å². The molecule has 0 saturated carbocycles. The highest BCUT2D eigenvalue weighted by Crippen LogP contribution is 2.16. The third-order valence-corrected chi connectivity index (χ3v) is 4.62. The summed E-state index contributed by atoms with van der Waals surface area (Å²) in [6.45, 7) is 5.76. The molecule has 0 aliphatic carbocycles. The highest BCUT2D eigenvalue weighted by Gasteiger charge is 2.10. The fourth-order valence-corrected chi connectivity index (χ4v) is 2.82. The van der Waals surface area contributed by atoms with Crippen molar-refractivity contribution in [3.63, 3.8) is 0 Å². The normalized spacial score (nSPS) is 11.1. The summed E-state index contributed by atoms with van der Waals surface area (Å²) in [6, 6.07) is 14.0. The van der Waals surface area contributed by atoms with Gasteiger partial charge in [-0.05, 0) is 80.2 Å². The molecule has 1 atom stereocenters. The molecule has 2 amide bonds. The summed E-state index contributed by atoms with van der Waals surface area (Å²) in [6.07, 6.45) is 1.29. The van der Waals surface area contributed by atoms with E-state index in [9.17, 15) is 9.59 Å². The van der Waals surface area contributed by atoms with Gasteiger partial charge in [0.05, 0.1) is 6.10 Å². The standard InChI is InChI=1S/C22H26N4O3S2/c1-4-14(3)29-18-8-6-7-15(13-18)20(28)26-22(31)24-17-11-9-16(10-12-17)23-21(30)25-19(27)5-2/h6-14H,4-5H2,1-3H3,(H2,23,25,27,30)(H2,24,26,28,31)/t14-/m0/s1. The van der Waals surface area contributed by atoms with Gasteiger partial charge in [-0.1, -0.05) is 19.9 Å². The Balaban J connectivity index is 1.89. The molecule has 2 aromatic rings. The van der Waals surface area contributed by atoms with E-state index >= 15 is 0 Å². The van der Waals surface area contributed by atoms with Crippen molar-refractivity contribution in [2.24, 2.45) is 0 Å². The number of hydrogen-bond donors (Lipinski definition) is 4. The number of nitrogens with one attached hydrogen (secondary N) is 4. The van der Waals surface area contributed by atoms with E-state index in [0.717, 1.165) is 6.42 Å². The van der Waals surface area contributed by atoms with Crippen LogP contribution in [-0.4, -0.2) is 28.1 Å². The van der Waals surface area contributed by atoms with Crippen LogP contribution < -0.4 is 26.0 Å². The van der Waals surface area contributed by atoms with Crippen LogP contribution in [-0.2, 0) is 4.79 Å². The summed E-state index contributed by atoms with van der Waals surface area (Å²) >= 11 is 10.3. The van der Waals surface area contributed by atoms with Crippen molar-refractivity contribution in [3.8, 4) is 5.75 Å². The average Bonchev–Trinajstić information content (AvgIpc) is 2.74. The number of ether oxygens (including phenoxy) is 1. The second-order valence-corrected chi connectivity index (χ2v) is 7.52. The van der Waals surface area contributed by atoms with Crippen molar-refractivity contribution < 1.29 is 14.3 Å². The van der Waals surface area contributed by atoms with Gasteiger partial charge in [0.25, 0.3) is 5.91 Å². The maximum absolute atomic E-state index is 12.5. The van der Waals surface area contributed by atoms with Crippen LogP contribution in [0, 0.1) is 0 Å². The predicted molar refractivity (Wildman–Crippen MR) is 132 cm³/mol. The van der Waals surface area contributed by atoms with Crippen LogP contribution in [0.15, 0.2) is 48.5 Å². The minimum atomic E-state index is -0.331. The lowest BCUT2D eigenvalue weighted by Crippen LogP contribution is -2.34. The third-order valence-electron chi connectivity index (χ3n) is 4.21. The Morgan fingerprint density at radius 1 is 0.935 bits per heavy atom. The first-order valence-corrected chi connectivity index (χ1v) is 10.7. The van der Waals surface area contributed by atoms with Gasteiger partial charge in [-0.25, -0.2) is 0 Å². The quantitative estimate of drug-likeness (QED) is 0.462. The Hall–Kier alpha value is -3.04. The van der Waals surface area contributed by atoms with Crippen molar-refractivity contribution in [2.75, 3.05) is 10.6 Å². The molecule has 0 saturated heterocycles. The molecule has 0 fully saturated rings. The van der Waals surface area contributed by atoms with Crippen LogP contribution in [0.3, 0.4) is 0 Å². The summed E-state index contributed by atoms with van der Waals surface area (Å²) in [5.74, 6) is 0.147. The fraction of sp³-hybridized carbons (Fsp3) is 0.273. The monoisotopic (exact) mass is 458 g/mol.